The Morgan fingerprint density at radius 1 is 1.24 bits per heavy atom. The lowest BCUT2D eigenvalue weighted by Crippen LogP contribution is -2.41. The maximum Gasteiger partial charge on any atom is 0.243 e. The third kappa shape index (κ3) is 4.73. The summed E-state index contributed by atoms with van der Waals surface area (Å²) in [5.74, 6) is -0.615. The van der Waals surface area contributed by atoms with Crippen molar-refractivity contribution in [3.05, 3.63) is 57.8 Å². The molecule has 0 unspecified atom stereocenters. The normalized spacial score (nSPS) is 15.8. The van der Waals surface area contributed by atoms with Crippen LogP contribution in [0.2, 0.25) is 5.02 Å². The lowest BCUT2D eigenvalue weighted by atomic mass is 10.2. The minimum Gasteiger partial charge on any atom is -0.383 e. The summed E-state index contributed by atoms with van der Waals surface area (Å²) < 4.78 is 42.3. The Balaban J connectivity index is 1.76. The van der Waals surface area contributed by atoms with Crippen LogP contribution in [0.15, 0.2) is 51.8 Å². The summed E-state index contributed by atoms with van der Waals surface area (Å²) in [5.41, 5.74) is 0.910. The number of nitrogens with one attached hydrogen (secondary N) is 2. The summed E-state index contributed by atoms with van der Waals surface area (Å²) in [7, 11) is -3.99. The van der Waals surface area contributed by atoms with Crippen LogP contribution in [0, 0.1) is 11.7 Å². The standard InChI is InChI=1S/C17H17BrClFN2O2S/c18-13-8-17(15(20)9-14(13)19)25(23,24)22-16(11-6-7-11)10-21-12-4-2-1-3-5-12/h1-5,8-9,11,16,21-22H,6-7,10H2/t16-/m0/s1. The number of rotatable bonds is 7. The third-order valence-corrected chi connectivity index (χ3v) is 6.76. The number of halogens is 3. The van der Waals surface area contributed by atoms with Crippen LogP contribution in [0.5, 0.6) is 0 Å². The first kappa shape index (κ1) is 18.6. The van der Waals surface area contributed by atoms with Crippen LogP contribution in [0.4, 0.5) is 10.1 Å². The van der Waals surface area contributed by atoms with Crippen molar-refractivity contribution in [2.75, 3.05) is 11.9 Å². The minimum atomic E-state index is -3.99. The molecule has 0 radical (unpaired) electrons. The van der Waals surface area contributed by atoms with E-state index in [0.717, 1.165) is 24.6 Å². The first-order chi connectivity index (χ1) is 11.9. The summed E-state index contributed by atoms with van der Waals surface area (Å²) in [6.07, 6.45) is 1.91. The average Bonchev–Trinajstić information content (AvgIpc) is 3.40. The molecule has 4 nitrogen and oxygen atoms in total. The SMILES string of the molecule is O=S(=O)(N[C@@H](CNc1ccccc1)C1CC1)c1cc(Br)c(Cl)cc1F. The van der Waals surface area contributed by atoms with Crippen LogP contribution in [0.3, 0.4) is 0 Å². The van der Waals surface area contributed by atoms with Crippen molar-refractivity contribution in [1.29, 1.82) is 0 Å². The van der Waals surface area contributed by atoms with Crippen molar-refractivity contribution in [2.24, 2.45) is 5.92 Å². The van der Waals surface area contributed by atoms with E-state index in [1.54, 1.807) is 0 Å². The van der Waals surface area contributed by atoms with Gasteiger partial charge in [0, 0.05) is 22.7 Å². The highest BCUT2D eigenvalue weighted by Gasteiger charge is 2.35. The highest BCUT2D eigenvalue weighted by atomic mass is 79.9. The van der Waals surface area contributed by atoms with Gasteiger partial charge in [-0.25, -0.2) is 17.5 Å². The van der Waals surface area contributed by atoms with Crippen LogP contribution in [0.1, 0.15) is 12.8 Å². The molecular formula is C17H17BrClFN2O2S. The zero-order valence-electron chi connectivity index (χ0n) is 13.2. The summed E-state index contributed by atoms with van der Waals surface area (Å²) in [6, 6.07) is 11.4. The van der Waals surface area contributed by atoms with E-state index in [1.165, 1.54) is 6.07 Å². The van der Waals surface area contributed by atoms with Crippen LogP contribution < -0.4 is 10.0 Å². The predicted molar refractivity (Wildman–Crippen MR) is 101 cm³/mol. The smallest absolute Gasteiger partial charge is 0.243 e. The van der Waals surface area contributed by atoms with Gasteiger partial charge in [0.15, 0.2) is 0 Å². The molecule has 0 aliphatic heterocycles. The molecule has 3 rings (SSSR count). The van der Waals surface area contributed by atoms with E-state index in [-0.39, 0.29) is 17.0 Å². The van der Waals surface area contributed by atoms with Crippen molar-refractivity contribution in [3.63, 3.8) is 0 Å². The van der Waals surface area contributed by atoms with Gasteiger partial charge in [-0.05, 0) is 59.0 Å². The lowest BCUT2D eigenvalue weighted by molar-refractivity contribution is 0.517. The molecule has 0 aromatic heterocycles. The second-order valence-electron chi connectivity index (χ2n) is 6.01. The number of hydrogen-bond acceptors (Lipinski definition) is 3. The van der Waals surface area contributed by atoms with Gasteiger partial charge in [-0.2, -0.15) is 0 Å². The number of sulfonamides is 1. The molecule has 1 fully saturated rings. The third-order valence-electron chi connectivity index (χ3n) is 4.06. The Labute approximate surface area is 160 Å². The van der Waals surface area contributed by atoms with Gasteiger partial charge in [-0.15, -0.1) is 0 Å². The van der Waals surface area contributed by atoms with E-state index >= 15 is 0 Å². The number of para-hydroxylation sites is 1. The van der Waals surface area contributed by atoms with E-state index in [9.17, 15) is 12.8 Å². The zero-order chi connectivity index (χ0) is 18.0. The van der Waals surface area contributed by atoms with Crippen LogP contribution in [0.25, 0.3) is 0 Å². The predicted octanol–water partition coefficient (Wildman–Crippen LogP) is 4.41. The van der Waals surface area contributed by atoms with Gasteiger partial charge < -0.3 is 5.32 Å². The molecule has 0 bridgehead atoms. The van der Waals surface area contributed by atoms with Crippen molar-refractivity contribution in [2.45, 2.75) is 23.8 Å². The fraction of sp³-hybridized carbons (Fsp3) is 0.294. The number of hydrogen-bond donors (Lipinski definition) is 2. The first-order valence-corrected chi connectivity index (χ1v) is 10.5. The molecule has 0 heterocycles. The Bertz CT molecular complexity index is 860. The Kier molecular flexibility index (Phi) is 5.68. The maximum absolute atomic E-state index is 14.1. The van der Waals surface area contributed by atoms with Gasteiger partial charge in [0.2, 0.25) is 10.0 Å². The summed E-state index contributed by atoms with van der Waals surface area (Å²) in [5, 5.41) is 3.35. The quantitative estimate of drug-likeness (QED) is 0.618. The second-order valence-corrected chi connectivity index (χ2v) is 8.95. The van der Waals surface area contributed by atoms with E-state index in [2.05, 4.69) is 26.0 Å². The van der Waals surface area contributed by atoms with Gasteiger partial charge in [0.1, 0.15) is 10.7 Å². The van der Waals surface area contributed by atoms with Gasteiger partial charge >= 0.3 is 0 Å². The number of benzene rings is 2. The van der Waals surface area contributed by atoms with Crippen molar-refractivity contribution in [3.8, 4) is 0 Å². The second kappa shape index (κ2) is 7.61. The van der Waals surface area contributed by atoms with E-state index in [0.29, 0.717) is 11.0 Å². The molecule has 8 heteroatoms. The van der Waals surface area contributed by atoms with Crippen LogP contribution >= 0.6 is 27.5 Å². The molecule has 134 valence electrons. The van der Waals surface area contributed by atoms with E-state index < -0.39 is 20.7 Å². The summed E-state index contributed by atoms with van der Waals surface area (Å²) in [4.78, 5) is -0.408. The fourth-order valence-electron chi connectivity index (χ4n) is 2.56. The molecule has 2 N–H and O–H groups in total. The Morgan fingerprint density at radius 2 is 1.92 bits per heavy atom. The fourth-order valence-corrected chi connectivity index (χ4v) is 4.60. The maximum atomic E-state index is 14.1. The minimum absolute atomic E-state index is 0.126. The number of anilines is 1. The largest absolute Gasteiger partial charge is 0.383 e. The van der Waals surface area contributed by atoms with E-state index in [4.69, 9.17) is 11.6 Å². The van der Waals surface area contributed by atoms with Gasteiger partial charge in [-0.3, -0.25) is 0 Å². The van der Waals surface area contributed by atoms with Gasteiger partial charge in [-0.1, -0.05) is 29.8 Å². The Morgan fingerprint density at radius 3 is 2.56 bits per heavy atom. The first-order valence-electron chi connectivity index (χ1n) is 7.82. The highest BCUT2D eigenvalue weighted by Crippen LogP contribution is 2.34. The van der Waals surface area contributed by atoms with Gasteiger partial charge in [0.05, 0.1) is 5.02 Å². The molecule has 1 aliphatic carbocycles. The average molecular weight is 448 g/mol. The molecule has 2 aromatic carbocycles. The van der Waals surface area contributed by atoms with Crippen molar-refractivity contribution >= 4 is 43.2 Å². The molecule has 0 spiro atoms. The van der Waals surface area contributed by atoms with Crippen molar-refractivity contribution in [1.82, 2.24) is 4.72 Å². The Hall–Kier alpha value is -1.15. The molecule has 1 saturated carbocycles. The highest BCUT2D eigenvalue weighted by molar-refractivity contribution is 9.10. The summed E-state index contributed by atoms with van der Waals surface area (Å²) >= 11 is 8.95. The monoisotopic (exact) mass is 446 g/mol. The molecule has 1 aliphatic rings. The molecule has 25 heavy (non-hydrogen) atoms. The lowest BCUT2D eigenvalue weighted by Gasteiger charge is -2.20. The molecular weight excluding hydrogens is 431 g/mol. The molecule has 0 amide bonds. The molecule has 0 saturated heterocycles. The molecule has 2 aromatic rings. The zero-order valence-corrected chi connectivity index (χ0v) is 16.3. The molecule has 1 atom stereocenters. The van der Waals surface area contributed by atoms with E-state index in [1.807, 2.05) is 30.3 Å². The summed E-state index contributed by atoms with van der Waals surface area (Å²) in [6.45, 7) is 0.435. The topological polar surface area (TPSA) is 58.2 Å². The van der Waals surface area contributed by atoms with Crippen molar-refractivity contribution < 1.29 is 12.8 Å². The van der Waals surface area contributed by atoms with Crippen LogP contribution in [-0.4, -0.2) is 21.0 Å². The van der Waals surface area contributed by atoms with Crippen LogP contribution in [-0.2, 0) is 10.0 Å². The van der Waals surface area contributed by atoms with Gasteiger partial charge in [0.25, 0.3) is 0 Å².